The van der Waals surface area contributed by atoms with Crippen LogP contribution in [0.5, 0.6) is 5.75 Å². The SMILES string of the molecule is CC(=O)c1ccc2c(c1)N(Cc1cccc(C(=O)NCCN(C)C)c1)C(=O)CO2. The first-order chi connectivity index (χ1) is 13.8. The van der Waals surface area contributed by atoms with Gasteiger partial charge in [-0.05, 0) is 56.9 Å². The molecule has 1 aliphatic rings. The molecule has 0 bridgehead atoms. The van der Waals surface area contributed by atoms with Crippen molar-refractivity contribution in [2.45, 2.75) is 13.5 Å². The molecule has 0 aliphatic carbocycles. The lowest BCUT2D eigenvalue weighted by Gasteiger charge is -2.30. The summed E-state index contributed by atoms with van der Waals surface area (Å²) in [6.45, 7) is 3.02. The van der Waals surface area contributed by atoms with E-state index in [0.29, 0.717) is 29.1 Å². The topological polar surface area (TPSA) is 79.0 Å². The van der Waals surface area contributed by atoms with Crippen LogP contribution in [0.3, 0.4) is 0 Å². The summed E-state index contributed by atoms with van der Waals surface area (Å²) in [5.41, 5.74) is 2.44. The van der Waals surface area contributed by atoms with Crippen LogP contribution in [0, 0.1) is 0 Å². The van der Waals surface area contributed by atoms with Gasteiger partial charge in [0.1, 0.15) is 5.75 Å². The molecule has 0 fully saturated rings. The Morgan fingerprint density at radius 3 is 2.66 bits per heavy atom. The minimum atomic E-state index is -0.195. The average molecular weight is 395 g/mol. The highest BCUT2D eigenvalue weighted by molar-refractivity contribution is 6.01. The van der Waals surface area contributed by atoms with Gasteiger partial charge in [0.05, 0.1) is 12.2 Å². The number of hydrogen-bond donors (Lipinski definition) is 1. The van der Waals surface area contributed by atoms with Crippen molar-refractivity contribution in [1.82, 2.24) is 10.2 Å². The molecule has 2 aromatic rings. The fourth-order valence-corrected chi connectivity index (χ4v) is 3.08. The van der Waals surface area contributed by atoms with E-state index in [9.17, 15) is 14.4 Å². The molecule has 1 aliphatic heterocycles. The molecule has 2 amide bonds. The van der Waals surface area contributed by atoms with Gasteiger partial charge in [-0.15, -0.1) is 0 Å². The summed E-state index contributed by atoms with van der Waals surface area (Å²) in [6.07, 6.45) is 0. The lowest BCUT2D eigenvalue weighted by Crippen LogP contribution is -2.38. The molecular formula is C22H25N3O4. The molecule has 1 N–H and O–H groups in total. The van der Waals surface area contributed by atoms with Crippen molar-refractivity contribution in [2.75, 3.05) is 38.7 Å². The Labute approximate surface area is 170 Å². The number of ether oxygens (including phenoxy) is 1. The number of hydrogen-bond acceptors (Lipinski definition) is 5. The van der Waals surface area contributed by atoms with Crippen LogP contribution in [0.1, 0.15) is 33.2 Å². The molecule has 0 atom stereocenters. The molecule has 0 aromatic heterocycles. The Morgan fingerprint density at radius 1 is 1.14 bits per heavy atom. The Bertz CT molecular complexity index is 939. The summed E-state index contributed by atoms with van der Waals surface area (Å²) in [5, 5.41) is 2.89. The van der Waals surface area contributed by atoms with Gasteiger partial charge in [0.2, 0.25) is 0 Å². The molecule has 7 nitrogen and oxygen atoms in total. The second kappa shape index (κ2) is 8.87. The van der Waals surface area contributed by atoms with Crippen LogP contribution in [-0.4, -0.2) is 56.3 Å². The number of nitrogens with zero attached hydrogens (tertiary/aromatic N) is 2. The van der Waals surface area contributed by atoms with E-state index in [4.69, 9.17) is 4.74 Å². The van der Waals surface area contributed by atoms with E-state index >= 15 is 0 Å². The summed E-state index contributed by atoms with van der Waals surface area (Å²) in [6, 6.07) is 12.3. The van der Waals surface area contributed by atoms with E-state index in [0.717, 1.165) is 12.1 Å². The van der Waals surface area contributed by atoms with Crippen molar-refractivity contribution < 1.29 is 19.1 Å². The Balaban J connectivity index is 1.80. The van der Waals surface area contributed by atoms with Crippen molar-refractivity contribution in [3.05, 3.63) is 59.2 Å². The summed E-state index contributed by atoms with van der Waals surface area (Å²) in [7, 11) is 3.89. The zero-order chi connectivity index (χ0) is 21.0. The minimum Gasteiger partial charge on any atom is -0.482 e. The smallest absolute Gasteiger partial charge is 0.265 e. The number of ketones is 1. The molecule has 0 unspecified atom stereocenters. The van der Waals surface area contributed by atoms with Gasteiger partial charge in [-0.3, -0.25) is 14.4 Å². The third kappa shape index (κ3) is 5.00. The molecule has 3 rings (SSSR count). The van der Waals surface area contributed by atoms with E-state index in [1.807, 2.05) is 25.1 Å². The minimum absolute atomic E-state index is 0.0584. The highest BCUT2D eigenvalue weighted by Gasteiger charge is 2.26. The normalized spacial score (nSPS) is 13.1. The molecule has 0 spiro atoms. The second-order valence-electron chi connectivity index (χ2n) is 7.27. The van der Waals surface area contributed by atoms with Gasteiger partial charge in [-0.2, -0.15) is 0 Å². The van der Waals surface area contributed by atoms with Crippen molar-refractivity contribution >= 4 is 23.3 Å². The van der Waals surface area contributed by atoms with E-state index in [-0.39, 0.29) is 30.7 Å². The molecule has 0 radical (unpaired) electrons. The molecule has 29 heavy (non-hydrogen) atoms. The summed E-state index contributed by atoms with van der Waals surface area (Å²) < 4.78 is 5.49. The lowest BCUT2D eigenvalue weighted by atomic mass is 10.1. The fraction of sp³-hybridized carbons (Fsp3) is 0.318. The molecule has 7 heteroatoms. The number of fused-ring (bicyclic) bond motifs is 1. The van der Waals surface area contributed by atoms with Crippen molar-refractivity contribution in [3.63, 3.8) is 0 Å². The van der Waals surface area contributed by atoms with Gasteiger partial charge in [-0.1, -0.05) is 12.1 Å². The van der Waals surface area contributed by atoms with Crippen molar-refractivity contribution in [2.24, 2.45) is 0 Å². The van der Waals surface area contributed by atoms with Crippen LogP contribution in [0.15, 0.2) is 42.5 Å². The third-order valence-electron chi connectivity index (χ3n) is 4.68. The van der Waals surface area contributed by atoms with E-state index in [1.54, 1.807) is 41.3 Å². The monoisotopic (exact) mass is 395 g/mol. The maximum absolute atomic E-state index is 12.5. The van der Waals surface area contributed by atoms with E-state index < -0.39 is 0 Å². The number of anilines is 1. The van der Waals surface area contributed by atoms with Crippen LogP contribution in [-0.2, 0) is 11.3 Å². The largest absolute Gasteiger partial charge is 0.482 e. The zero-order valence-corrected chi connectivity index (χ0v) is 16.9. The first-order valence-corrected chi connectivity index (χ1v) is 9.45. The van der Waals surface area contributed by atoms with Crippen molar-refractivity contribution in [1.29, 1.82) is 0 Å². The molecule has 1 heterocycles. The average Bonchev–Trinajstić information content (AvgIpc) is 2.69. The number of amides is 2. The highest BCUT2D eigenvalue weighted by atomic mass is 16.5. The van der Waals surface area contributed by atoms with Crippen LogP contribution in [0.4, 0.5) is 5.69 Å². The first kappa shape index (κ1) is 20.5. The Morgan fingerprint density at radius 2 is 1.93 bits per heavy atom. The highest BCUT2D eigenvalue weighted by Crippen LogP contribution is 2.34. The van der Waals surface area contributed by atoms with Gasteiger partial charge in [0.15, 0.2) is 12.4 Å². The Hall–Kier alpha value is -3.19. The number of carbonyl (C=O) groups excluding carboxylic acids is 3. The second-order valence-corrected chi connectivity index (χ2v) is 7.27. The summed E-state index contributed by atoms with van der Waals surface area (Å²) >= 11 is 0. The molecule has 0 saturated heterocycles. The summed E-state index contributed by atoms with van der Waals surface area (Å²) in [5.74, 6) is 0.134. The van der Waals surface area contributed by atoms with Crippen LogP contribution < -0.4 is 15.0 Å². The maximum atomic E-state index is 12.5. The fourth-order valence-electron chi connectivity index (χ4n) is 3.08. The molecule has 2 aromatic carbocycles. The summed E-state index contributed by atoms with van der Waals surface area (Å²) in [4.78, 5) is 40.2. The van der Waals surface area contributed by atoms with Crippen LogP contribution >= 0.6 is 0 Å². The number of rotatable bonds is 7. The van der Waals surface area contributed by atoms with Crippen molar-refractivity contribution in [3.8, 4) is 5.75 Å². The predicted molar refractivity (Wildman–Crippen MR) is 110 cm³/mol. The van der Waals surface area contributed by atoms with Gasteiger partial charge >= 0.3 is 0 Å². The lowest BCUT2D eigenvalue weighted by molar-refractivity contribution is -0.121. The predicted octanol–water partition coefficient (Wildman–Crippen LogP) is 2.11. The van der Waals surface area contributed by atoms with E-state index in [2.05, 4.69) is 5.32 Å². The molecular weight excluding hydrogens is 370 g/mol. The Kier molecular flexibility index (Phi) is 6.29. The van der Waals surface area contributed by atoms with E-state index in [1.165, 1.54) is 6.92 Å². The maximum Gasteiger partial charge on any atom is 0.265 e. The van der Waals surface area contributed by atoms with Crippen LogP contribution in [0.25, 0.3) is 0 Å². The number of likely N-dealkylation sites (N-methyl/N-ethyl adjacent to an activating group) is 1. The van der Waals surface area contributed by atoms with Gasteiger partial charge in [-0.25, -0.2) is 0 Å². The number of nitrogens with one attached hydrogen (secondary N) is 1. The van der Waals surface area contributed by atoms with Gasteiger partial charge in [0, 0.05) is 24.2 Å². The number of Topliss-reactive ketones (excluding diaryl/α,β-unsaturated/α-hetero) is 1. The standard InChI is InChI=1S/C22H25N3O4/c1-15(26)17-7-8-20-19(12-17)25(21(27)14-29-20)13-16-5-4-6-18(11-16)22(28)23-9-10-24(2)3/h4-8,11-12H,9-10,13-14H2,1-3H3,(H,23,28). The number of carbonyl (C=O) groups is 3. The first-order valence-electron chi connectivity index (χ1n) is 9.45. The molecule has 152 valence electrons. The number of benzene rings is 2. The third-order valence-corrected chi connectivity index (χ3v) is 4.68. The quantitative estimate of drug-likeness (QED) is 0.727. The zero-order valence-electron chi connectivity index (χ0n) is 16.9. The van der Waals surface area contributed by atoms with Gasteiger partial charge < -0.3 is 19.9 Å². The van der Waals surface area contributed by atoms with Gasteiger partial charge in [0.25, 0.3) is 11.8 Å². The molecule has 0 saturated carbocycles. The van der Waals surface area contributed by atoms with Crippen LogP contribution in [0.2, 0.25) is 0 Å².